The van der Waals surface area contributed by atoms with Gasteiger partial charge >= 0.3 is 0 Å². The van der Waals surface area contributed by atoms with E-state index in [1.165, 1.54) is 51.0 Å². The molecule has 16 heavy (non-hydrogen) atoms. The molecule has 0 aromatic rings. The van der Waals surface area contributed by atoms with Crippen molar-refractivity contribution < 1.29 is 9.78 Å². The summed E-state index contributed by atoms with van der Waals surface area (Å²) in [5.41, 5.74) is 0. The van der Waals surface area contributed by atoms with Gasteiger partial charge in [0.15, 0.2) is 0 Å². The summed E-state index contributed by atoms with van der Waals surface area (Å²) in [7, 11) is 0. The minimum absolute atomic E-state index is 0.654. The van der Waals surface area contributed by atoms with E-state index >= 15 is 0 Å². The normalized spacial score (nSPS) is 23.5. The summed E-state index contributed by atoms with van der Waals surface area (Å²) in [5, 5.41) is 7.84. The number of hydrogen-bond donors (Lipinski definition) is 0. The molecule has 0 bridgehead atoms. The zero-order valence-corrected chi connectivity index (χ0v) is 9.94. The molecule has 0 radical (unpaired) electrons. The van der Waals surface area contributed by atoms with Gasteiger partial charge in [-0.1, -0.05) is 38.5 Å². The minimum atomic E-state index is 0.654. The molecule has 0 amide bonds. The van der Waals surface area contributed by atoms with Crippen molar-refractivity contribution in [2.24, 2.45) is 10.2 Å². The standard InChI is InChI=1S/C12H22N2O2/c1-2-4-6-8-11-15-16-12-10-14-13-9-7-5-3-1/h10,12H,1-9,11H2/b12-10-,14-13?. The molecular formula is C12H22N2O2. The molecule has 92 valence electrons. The Morgan fingerprint density at radius 3 is 2.31 bits per heavy atom. The first-order valence-electron chi connectivity index (χ1n) is 6.30. The molecule has 0 unspecified atom stereocenters. The van der Waals surface area contributed by atoms with Gasteiger partial charge in [0.05, 0.1) is 19.4 Å². The van der Waals surface area contributed by atoms with E-state index in [2.05, 4.69) is 10.2 Å². The topological polar surface area (TPSA) is 43.2 Å². The van der Waals surface area contributed by atoms with Gasteiger partial charge in [-0.2, -0.15) is 15.1 Å². The summed E-state index contributed by atoms with van der Waals surface area (Å²) in [6.07, 6.45) is 12.9. The first-order chi connectivity index (χ1) is 8.00. The molecule has 0 saturated heterocycles. The maximum atomic E-state index is 4.95. The zero-order valence-electron chi connectivity index (χ0n) is 9.94. The Balaban J connectivity index is 2.15. The Morgan fingerprint density at radius 2 is 1.50 bits per heavy atom. The van der Waals surface area contributed by atoms with E-state index in [1.807, 2.05) is 0 Å². The van der Waals surface area contributed by atoms with Crippen LogP contribution in [-0.4, -0.2) is 13.2 Å². The van der Waals surface area contributed by atoms with Crippen LogP contribution in [0.15, 0.2) is 22.7 Å². The van der Waals surface area contributed by atoms with Gasteiger partial charge in [-0.15, -0.1) is 0 Å². The molecule has 0 aliphatic carbocycles. The Bertz CT molecular complexity index is 183. The SMILES string of the molecule is C1=C\OOCCCCCCCCCCN=N/1. The first-order valence-corrected chi connectivity index (χ1v) is 6.30. The van der Waals surface area contributed by atoms with Crippen LogP contribution < -0.4 is 0 Å². The molecule has 4 heteroatoms. The van der Waals surface area contributed by atoms with E-state index in [0.29, 0.717) is 6.61 Å². The van der Waals surface area contributed by atoms with E-state index in [4.69, 9.17) is 9.78 Å². The molecule has 1 aliphatic heterocycles. The highest BCUT2D eigenvalue weighted by Crippen LogP contribution is 2.09. The smallest absolute Gasteiger partial charge is 0.149 e. The van der Waals surface area contributed by atoms with Crippen molar-refractivity contribution in [2.45, 2.75) is 51.4 Å². The minimum Gasteiger partial charge on any atom is -0.344 e. The molecule has 0 atom stereocenters. The van der Waals surface area contributed by atoms with Crippen molar-refractivity contribution in [3.63, 3.8) is 0 Å². The largest absolute Gasteiger partial charge is 0.344 e. The molecule has 1 heterocycles. The average molecular weight is 226 g/mol. The maximum Gasteiger partial charge on any atom is 0.149 e. The Kier molecular flexibility index (Phi) is 8.73. The number of hydrogen-bond acceptors (Lipinski definition) is 4. The van der Waals surface area contributed by atoms with Crippen molar-refractivity contribution in [3.05, 3.63) is 12.5 Å². The summed E-state index contributed by atoms with van der Waals surface area (Å²) >= 11 is 0. The first kappa shape index (κ1) is 13.2. The van der Waals surface area contributed by atoms with Gasteiger partial charge in [-0.25, -0.2) is 0 Å². The van der Waals surface area contributed by atoms with Crippen LogP contribution in [-0.2, 0) is 9.78 Å². The van der Waals surface area contributed by atoms with Crippen molar-refractivity contribution in [2.75, 3.05) is 13.2 Å². The molecule has 0 spiro atoms. The van der Waals surface area contributed by atoms with E-state index in [-0.39, 0.29) is 0 Å². The summed E-state index contributed by atoms with van der Waals surface area (Å²) in [5.74, 6) is 0. The Morgan fingerprint density at radius 1 is 0.812 bits per heavy atom. The van der Waals surface area contributed by atoms with Crippen LogP contribution in [0, 0.1) is 0 Å². The predicted molar refractivity (Wildman–Crippen MR) is 62.8 cm³/mol. The molecule has 0 fully saturated rings. The van der Waals surface area contributed by atoms with Gasteiger partial charge in [-0.3, -0.25) is 0 Å². The van der Waals surface area contributed by atoms with Gasteiger partial charge in [-0.05, 0) is 12.8 Å². The third kappa shape index (κ3) is 8.41. The zero-order chi connectivity index (χ0) is 11.3. The number of nitrogens with zero attached hydrogens (tertiary/aromatic N) is 2. The highest BCUT2D eigenvalue weighted by Gasteiger charge is 1.93. The van der Waals surface area contributed by atoms with Gasteiger partial charge < -0.3 is 4.89 Å². The predicted octanol–water partition coefficient (Wildman–Crippen LogP) is 3.99. The molecule has 0 aromatic heterocycles. The van der Waals surface area contributed by atoms with E-state index in [1.54, 1.807) is 0 Å². The fourth-order valence-electron chi connectivity index (χ4n) is 1.65. The second-order valence-corrected chi connectivity index (χ2v) is 4.01. The molecule has 0 aromatic carbocycles. The highest BCUT2D eigenvalue weighted by atomic mass is 17.2. The maximum absolute atomic E-state index is 4.95. The summed E-state index contributed by atoms with van der Waals surface area (Å²) in [6.45, 7) is 1.46. The summed E-state index contributed by atoms with van der Waals surface area (Å²) in [4.78, 5) is 9.75. The second kappa shape index (κ2) is 10.6. The lowest BCUT2D eigenvalue weighted by Gasteiger charge is -2.02. The third-order valence-electron chi connectivity index (χ3n) is 2.57. The Labute approximate surface area is 97.7 Å². The monoisotopic (exact) mass is 226 g/mol. The second-order valence-electron chi connectivity index (χ2n) is 4.01. The van der Waals surface area contributed by atoms with Crippen LogP contribution in [0.2, 0.25) is 0 Å². The van der Waals surface area contributed by atoms with Crippen LogP contribution in [0.3, 0.4) is 0 Å². The fourth-order valence-corrected chi connectivity index (χ4v) is 1.65. The van der Waals surface area contributed by atoms with Crippen molar-refractivity contribution in [1.29, 1.82) is 0 Å². The van der Waals surface area contributed by atoms with Crippen molar-refractivity contribution in [1.82, 2.24) is 0 Å². The average Bonchev–Trinajstić information content (AvgIpc) is 2.29. The van der Waals surface area contributed by atoms with Crippen LogP contribution in [0.4, 0.5) is 0 Å². The summed E-state index contributed by atoms with van der Waals surface area (Å²) in [6, 6.07) is 0. The molecular weight excluding hydrogens is 204 g/mol. The Hall–Kier alpha value is -0.900. The third-order valence-corrected chi connectivity index (χ3v) is 2.57. The fraction of sp³-hybridized carbons (Fsp3) is 0.833. The van der Waals surface area contributed by atoms with Gasteiger partial charge in [0.1, 0.15) is 6.26 Å². The quantitative estimate of drug-likeness (QED) is 0.586. The number of rotatable bonds is 0. The summed E-state index contributed by atoms with van der Waals surface area (Å²) < 4.78 is 0. The lowest BCUT2D eigenvalue weighted by molar-refractivity contribution is -0.249. The van der Waals surface area contributed by atoms with Crippen LogP contribution in [0.5, 0.6) is 0 Å². The molecule has 0 saturated carbocycles. The molecule has 0 N–H and O–H groups in total. The highest BCUT2D eigenvalue weighted by molar-refractivity contribution is 4.66. The van der Waals surface area contributed by atoms with Crippen molar-refractivity contribution >= 4 is 0 Å². The van der Waals surface area contributed by atoms with Crippen LogP contribution in [0.1, 0.15) is 51.4 Å². The van der Waals surface area contributed by atoms with E-state index in [0.717, 1.165) is 19.4 Å². The molecule has 1 rings (SSSR count). The van der Waals surface area contributed by atoms with Crippen LogP contribution in [0.25, 0.3) is 0 Å². The van der Waals surface area contributed by atoms with Crippen molar-refractivity contribution in [3.8, 4) is 0 Å². The molecule has 4 nitrogen and oxygen atoms in total. The molecule has 1 aliphatic rings. The van der Waals surface area contributed by atoms with E-state index < -0.39 is 0 Å². The van der Waals surface area contributed by atoms with Crippen LogP contribution >= 0.6 is 0 Å². The van der Waals surface area contributed by atoms with E-state index in [9.17, 15) is 0 Å². The lowest BCUT2D eigenvalue weighted by Crippen LogP contribution is -1.92. The van der Waals surface area contributed by atoms with Gasteiger partial charge in [0, 0.05) is 0 Å². The number of azo groups is 1. The lowest BCUT2D eigenvalue weighted by atomic mass is 10.1. The van der Waals surface area contributed by atoms with Gasteiger partial charge in [0.25, 0.3) is 0 Å². The van der Waals surface area contributed by atoms with Gasteiger partial charge in [0.2, 0.25) is 0 Å².